The number of hydrogen-bond acceptors (Lipinski definition) is 4. The van der Waals surface area contributed by atoms with Gasteiger partial charge in [0.15, 0.2) is 5.69 Å². The van der Waals surface area contributed by atoms with Gasteiger partial charge in [-0.1, -0.05) is 6.92 Å². The molecule has 7 heteroatoms. The van der Waals surface area contributed by atoms with Crippen LogP contribution in [0.15, 0.2) is 30.3 Å². The molecule has 1 heterocycles. The van der Waals surface area contributed by atoms with E-state index in [1.165, 1.54) is 6.07 Å². The summed E-state index contributed by atoms with van der Waals surface area (Å²) in [6, 6.07) is 5.86. The van der Waals surface area contributed by atoms with Gasteiger partial charge in [0.1, 0.15) is 17.5 Å². The van der Waals surface area contributed by atoms with Gasteiger partial charge in [0.05, 0.1) is 0 Å². The van der Waals surface area contributed by atoms with Crippen LogP contribution >= 0.6 is 0 Å². The molecule has 1 aromatic carbocycles. The maximum Gasteiger partial charge on any atom is 0.276 e. The van der Waals surface area contributed by atoms with Gasteiger partial charge in [0, 0.05) is 18.3 Å². The van der Waals surface area contributed by atoms with E-state index < -0.39 is 17.5 Å². The largest absolute Gasteiger partial charge is 0.369 e. The second-order valence-corrected chi connectivity index (χ2v) is 4.34. The smallest absolute Gasteiger partial charge is 0.276 e. The maximum absolute atomic E-state index is 13.0. The van der Waals surface area contributed by atoms with E-state index in [1.807, 2.05) is 6.92 Å². The summed E-state index contributed by atoms with van der Waals surface area (Å²) in [7, 11) is 0. The normalized spacial score (nSPS) is 10.2. The van der Waals surface area contributed by atoms with Crippen molar-refractivity contribution >= 4 is 17.4 Å². The molecular weight excluding hydrogens is 278 g/mol. The van der Waals surface area contributed by atoms with Gasteiger partial charge in [0.2, 0.25) is 0 Å². The van der Waals surface area contributed by atoms with Gasteiger partial charge in [-0.3, -0.25) is 4.79 Å². The summed E-state index contributed by atoms with van der Waals surface area (Å²) >= 11 is 0. The Bertz CT molecular complexity index is 611. The zero-order valence-electron chi connectivity index (χ0n) is 11.4. The van der Waals surface area contributed by atoms with E-state index in [1.54, 1.807) is 6.07 Å². The van der Waals surface area contributed by atoms with E-state index in [-0.39, 0.29) is 11.4 Å². The Hall–Kier alpha value is -2.57. The molecule has 0 spiro atoms. The van der Waals surface area contributed by atoms with Gasteiger partial charge in [-0.05, 0) is 30.7 Å². The highest BCUT2D eigenvalue weighted by atomic mass is 19.1. The number of nitrogens with zero attached hydrogens (tertiary/aromatic N) is 2. The van der Waals surface area contributed by atoms with Crippen LogP contribution in [0.5, 0.6) is 0 Å². The minimum absolute atomic E-state index is 0.0208. The minimum atomic E-state index is -0.768. The van der Waals surface area contributed by atoms with Crippen molar-refractivity contribution in [3.8, 4) is 0 Å². The first-order valence-corrected chi connectivity index (χ1v) is 6.43. The highest BCUT2D eigenvalue weighted by Gasteiger charge is 2.10. The molecule has 1 aromatic heterocycles. The highest BCUT2D eigenvalue weighted by molar-refractivity contribution is 6.02. The summed E-state index contributed by atoms with van der Waals surface area (Å²) in [5, 5.41) is 13.0. The Balaban J connectivity index is 2.06. The fourth-order valence-electron chi connectivity index (χ4n) is 1.62. The van der Waals surface area contributed by atoms with Gasteiger partial charge < -0.3 is 10.6 Å². The SMILES string of the molecule is CCCNc1ccc(C(=O)Nc2cc(F)cc(F)c2)nn1. The molecule has 5 nitrogen and oxygen atoms in total. The molecular formula is C14H14F2N4O. The number of hydrogen-bond donors (Lipinski definition) is 2. The predicted molar refractivity (Wildman–Crippen MR) is 75.1 cm³/mol. The van der Waals surface area contributed by atoms with E-state index in [0.29, 0.717) is 5.82 Å². The molecule has 21 heavy (non-hydrogen) atoms. The van der Waals surface area contributed by atoms with E-state index >= 15 is 0 Å². The summed E-state index contributed by atoms with van der Waals surface area (Å²) < 4.78 is 26.0. The number of anilines is 2. The molecule has 0 bridgehead atoms. The molecule has 0 saturated carbocycles. The zero-order chi connectivity index (χ0) is 15.2. The third kappa shape index (κ3) is 4.20. The van der Waals surface area contributed by atoms with Crippen molar-refractivity contribution in [3.63, 3.8) is 0 Å². The molecule has 2 rings (SSSR count). The van der Waals surface area contributed by atoms with Crippen molar-refractivity contribution < 1.29 is 13.6 Å². The monoisotopic (exact) mass is 292 g/mol. The van der Waals surface area contributed by atoms with Gasteiger partial charge in [-0.15, -0.1) is 10.2 Å². The van der Waals surface area contributed by atoms with Crippen LogP contribution in [0.25, 0.3) is 0 Å². The highest BCUT2D eigenvalue weighted by Crippen LogP contribution is 2.14. The second-order valence-electron chi connectivity index (χ2n) is 4.34. The molecule has 2 aromatic rings. The van der Waals surface area contributed by atoms with E-state index in [9.17, 15) is 13.6 Å². The van der Waals surface area contributed by atoms with Crippen LogP contribution in [0.2, 0.25) is 0 Å². The van der Waals surface area contributed by atoms with Crippen molar-refractivity contribution in [1.29, 1.82) is 0 Å². The maximum atomic E-state index is 13.0. The second kappa shape index (κ2) is 6.74. The fourth-order valence-corrected chi connectivity index (χ4v) is 1.62. The van der Waals surface area contributed by atoms with Crippen molar-refractivity contribution in [3.05, 3.63) is 47.7 Å². The lowest BCUT2D eigenvalue weighted by atomic mass is 10.3. The first-order chi connectivity index (χ1) is 10.1. The lowest BCUT2D eigenvalue weighted by molar-refractivity contribution is 0.102. The van der Waals surface area contributed by atoms with Crippen LogP contribution in [-0.4, -0.2) is 22.6 Å². The van der Waals surface area contributed by atoms with Crippen molar-refractivity contribution in [2.75, 3.05) is 17.2 Å². The molecule has 0 unspecified atom stereocenters. The summed E-state index contributed by atoms with van der Waals surface area (Å²) in [6.07, 6.45) is 0.940. The summed E-state index contributed by atoms with van der Waals surface area (Å²) in [4.78, 5) is 11.9. The number of halogens is 2. The Kier molecular flexibility index (Phi) is 4.76. The van der Waals surface area contributed by atoms with Crippen molar-refractivity contribution in [2.24, 2.45) is 0 Å². The molecule has 0 aliphatic heterocycles. The predicted octanol–water partition coefficient (Wildman–Crippen LogP) is 2.83. The first kappa shape index (κ1) is 14.8. The van der Waals surface area contributed by atoms with Crippen LogP contribution in [-0.2, 0) is 0 Å². The Morgan fingerprint density at radius 1 is 1.14 bits per heavy atom. The molecule has 0 aliphatic carbocycles. The number of benzene rings is 1. The molecule has 0 saturated heterocycles. The summed E-state index contributed by atoms with van der Waals surface area (Å²) in [5.41, 5.74) is 0.0780. The first-order valence-electron chi connectivity index (χ1n) is 6.43. The van der Waals surface area contributed by atoms with E-state index in [0.717, 1.165) is 31.2 Å². The van der Waals surface area contributed by atoms with Crippen LogP contribution < -0.4 is 10.6 Å². The number of aromatic nitrogens is 2. The Labute approximate surface area is 120 Å². The molecule has 0 fully saturated rings. The number of nitrogens with one attached hydrogen (secondary N) is 2. The number of carbonyl (C=O) groups is 1. The zero-order valence-corrected chi connectivity index (χ0v) is 11.4. The van der Waals surface area contributed by atoms with Crippen molar-refractivity contribution in [2.45, 2.75) is 13.3 Å². The van der Waals surface area contributed by atoms with Crippen LogP contribution in [0.1, 0.15) is 23.8 Å². The molecule has 0 atom stereocenters. The number of rotatable bonds is 5. The molecule has 110 valence electrons. The minimum Gasteiger partial charge on any atom is -0.369 e. The molecule has 2 N–H and O–H groups in total. The van der Waals surface area contributed by atoms with Gasteiger partial charge >= 0.3 is 0 Å². The van der Waals surface area contributed by atoms with Gasteiger partial charge in [-0.2, -0.15) is 0 Å². The fraction of sp³-hybridized carbons (Fsp3) is 0.214. The van der Waals surface area contributed by atoms with Crippen LogP contribution in [0, 0.1) is 11.6 Å². The Morgan fingerprint density at radius 3 is 2.43 bits per heavy atom. The van der Waals surface area contributed by atoms with E-state index in [2.05, 4.69) is 20.8 Å². The molecule has 0 radical (unpaired) electrons. The quantitative estimate of drug-likeness (QED) is 0.889. The molecule has 1 amide bonds. The number of carbonyl (C=O) groups excluding carboxylic acids is 1. The van der Waals surface area contributed by atoms with Crippen LogP contribution in [0.3, 0.4) is 0 Å². The average Bonchev–Trinajstić information content (AvgIpc) is 2.44. The van der Waals surface area contributed by atoms with E-state index in [4.69, 9.17) is 0 Å². The molecule has 0 aliphatic rings. The lowest BCUT2D eigenvalue weighted by Crippen LogP contribution is -2.15. The van der Waals surface area contributed by atoms with Crippen molar-refractivity contribution in [1.82, 2.24) is 10.2 Å². The topological polar surface area (TPSA) is 66.9 Å². The van der Waals surface area contributed by atoms with Crippen LogP contribution in [0.4, 0.5) is 20.3 Å². The van der Waals surface area contributed by atoms with Gasteiger partial charge in [0.25, 0.3) is 5.91 Å². The third-order valence-corrected chi connectivity index (χ3v) is 2.57. The summed E-state index contributed by atoms with van der Waals surface area (Å²) in [6.45, 7) is 2.77. The number of amides is 1. The van der Waals surface area contributed by atoms with Gasteiger partial charge in [-0.25, -0.2) is 8.78 Å². The Morgan fingerprint density at radius 2 is 1.86 bits per heavy atom. The summed E-state index contributed by atoms with van der Waals surface area (Å²) in [5.74, 6) is -1.56. The standard InChI is InChI=1S/C14H14F2N4O/c1-2-5-17-13-4-3-12(19-20-13)14(21)18-11-7-9(15)6-10(16)8-11/h3-4,6-8H,2,5H2,1H3,(H,17,20)(H,18,21). The third-order valence-electron chi connectivity index (χ3n) is 2.57. The lowest BCUT2D eigenvalue weighted by Gasteiger charge is -2.06. The average molecular weight is 292 g/mol.